The van der Waals surface area contributed by atoms with Gasteiger partial charge in [0, 0.05) is 6.42 Å². The number of carbonyl (C=O) groups excluding carboxylic acids is 1. The van der Waals surface area contributed by atoms with E-state index in [2.05, 4.69) is 8.92 Å². The number of hydrogen-bond acceptors (Lipinski definition) is 5. The second-order valence-corrected chi connectivity index (χ2v) is 3.60. The van der Waals surface area contributed by atoms with Gasteiger partial charge in [-0.3, -0.25) is 8.98 Å². The fourth-order valence-corrected chi connectivity index (χ4v) is 0.989. The molecular formula is C7H10O5S. The number of carbonyl (C=O) groups is 1. The molecular weight excluding hydrogens is 196 g/mol. The van der Waals surface area contributed by atoms with Crippen LogP contribution in [0.2, 0.25) is 0 Å². The fourth-order valence-electron chi connectivity index (χ4n) is 0.398. The van der Waals surface area contributed by atoms with E-state index in [1.807, 2.05) is 5.92 Å². The Morgan fingerprint density at radius 2 is 2.15 bits per heavy atom. The van der Waals surface area contributed by atoms with Crippen LogP contribution in [0.25, 0.3) is 0 Å². The van der Waals surface area contributed by atoms with Gasteiger partial charge in [-0.2, -0.15) is 8.42 Å². The summed E-state index contributed by atoms with van der Waals surface area (Å²) in [6.45, 7) is 1.20. The number of ether oxygens (including phenoxy) is 1. The summed E-state index contributed by atoms with van der Waals surface area (Å²) >= 11 is 0. The average molecular weight is 206 g/mol. The Hall–Kier alpha value is -1.06. The van der Waals surface area contributed by atoms with Crippen LogP contribution >= 0.6 is 0 Å². The van der Waals surface area contributed by atoms with Gasteiger partial charge in [0.05, 0.1) is 0 Å². The first-order chi connectivity index (χ1) is 6.02. The maximum Gasteiger partial charge on any atom is 0.306 e. The van der Waals surface area contributed by atoms with Crippen LogP contribution in [0.4, 0.5) is 0 Å². The van der Waals surface area contributed by atoms with Gasteiger partial charge >= 0.3 is 16.1 Å². The SMILES string of the molecule is C#CCOS(=O)(=O)COC(=O)CC. The molecule has 0 saturated carbocycles. The van der Waals surface area contributed by atoms with Crippen molar-refractivity contribution in [2.45, 2.75) is 13.3 Å². The Morgan fingerprint density at radius 3 is 2.62 bits per heavy atom. The van der Waals surface area contributed by atoms with E-state index in [-0.39, 0.29) is 13.0 Å². The summed E-state index contributed by atoms with van der Waals surface area (Å²) < 4.78 is 30.2. The summed E-state index contributed by atoms with van der Waals surface area (Å²) in [4.78, 5) is 10.5. The molecule has 5 nitrogen and oxygen atoms in total. The lowest BCUT2D eigenvalue weighted by Crippen LogP contribution is -2.16. The highest BCUT2D eigenvalue weighted by Gasteiger charge is 2.12. The zero-order valence-corrected chi connectivity index (χ0v) is 7.96. The molecule has 0 aliphatic heterocycles. The first kappa shape index (κ1) is 11.9. The summed E-state index contributed by atoms with van der Waals surface area (Å²) in [6.07, 6.45) is 4.89. The zero-order valence-electron chi connectivity index (χ0n) is 7.15. The minimum atomic E-state index is -3.83. The topological polar surface area (TPSA) is 69.7 Å². The van der Waals surface area contributed by atoms with Crippen molar-refractivity contribution in [3.8, 4) is 12.3 Å². The van der Waals surface area contributed by atoms with Gasteiger partial charge in [0.15, 0.2) is 0 Å². The minimum absolute atomic E-state index is 0.116. The molecule has 0 aromatic rings. The van der Waals surface area contributed by atoms with Crippen molar-refractivity contribution in [2.24, 2.45) is 0 Å². The molecule has 0 aromatic heterocycles. The van der Waals surface area contributed by atoms with Gasteiger partial charge in [-0.05, 0) is 0 Å². The molecule has 0 spiro atoms. The summed E-state index contributed by atoms with van der Waals surface area (Å²) in [6, 6.07) is 0. The lowest BCUT2D eigenvalue weighted by atomic mass is 10.5. The maximum absolute atomic E-state index is 10.8. The van der Waals surface area contributed by atoms with E-state index in [1.165, 1.54) is 0 Å². The van der Waals surface area contributed by atoms with Gasteiger partial charge in [-0.15, -0.1) is 6.42 Å². The molecule has 13 heavy (non-hydrogen) atoms. The molecule has 0 aliphatic carbocycles. The summed E-state index contributed by atoms with van der Waals surface area (Å²) in [5.41, 5.74) is 0. The third-order valence-corrected chi connectivity index (χ3v) is 1.86. The summed E-state index contributed by atoms with van der Waals surface area (Å²) in [5, 5.41) is 0. The summed E-state index contributed by atoms with van der Waals surface area (Å²) in [5.74, 6) is 0.589. The number of rotatable bonds is 5. The molecule has 0 N–H and O–H groups in total. The van der Waals surface area contributed by atoms with Gasteiger partial charge in [-0.25, -0.2) is 0 Å². The molecule has 0 rings (SSSR count). The van der Waals surface area contributed by atoms with Crippen molar-refractivity contribution in [2.75, 3.05) is 12.5 Å². The fraction of sp³-hybridized carbons (Fsp3) is 0.571. The van der Waals surface area contributed by atoms with Crippen LogP contribution in [0.15, 0.2) is 0 Å². The van der Waals surface area contributed by atoms with Crippen LogP contribution in [0.3, 0.4) is 0 Å². The highest BCUT2D eigenvalue weighted by molar-refractivity contribution is 7.86. The third-order valence-electron chi connectivity index (χ3n) is 0.975. The average Bonchev–Trinajstić information content (AvgIpc) is 2.11. The van der Waals surface area contributed by atoms with Gasteiger partial charge in [0.1, 0.15) is 6.61 Å². The molecule has 0 fully saturated rings. The highest BCUT2D eigenvalue weighted by Crippen LogP contribution is 1.95. The number of hydrogen-bond donors (Lipinski definition) is 0. The first-order valence-electron chi connectivity index (χ1n) is 3.48. The van der Waals surface area contributed by atoms with Crippen LogP contribution in [-0.4, -0.2) is 26.9 Å². The van der Waals surface area contributed by atoms with Gasteiger partial charge < -0.3 is 4.74 Å². The smallest absolute Gasteiger partial charge is 0.306 e. The molecule has 0 saturated heterocycles. The predicted octanol–water partition coefficient (Wildman–Crippen LogP) is -0.123. The van der Waals surface area contributed by atoms with E-state index in [4.69, 9.17) is 6.42 Å². The highest BCUT2D eigenvalue weighted by atomic mass is 32.2. The Labute approximate surface area is 77.2 Å². The quantitative estimate of drug-likeness (QED) is 0.356. The largest absolute Gasteiger partial charge is 0.447 e. The van der Waals surface area contributed by atoms with E-state index in [1.54, 1.807) is 6.92 Å². The molecule has 74 valence electrons. The second-order valence-electron chi connectivity index (χ2n) is 2.01. The van der Waals surface area contributed by atoms with Crippen molar-refractivity contribution >= 4 is 16.1 Å². The Kier molecular flexibility index (Phi) is 5.11. The van der Waals surface area contributed by atoms with Gasteiger partial charge in [0.2, 0.25) is 5.94 Å². The molecule has 0 bridgehead atoms. The van der Waals surface area contributed by atoms with Crippen LogP contribution < -0.4 is 0 Å². The first-order valence-corrected chi connectivity index (χ1v) is 5.05. The lowest BCUT2D eigenvalue weighted by molar-refractivity contribution is -0.141. The molecule has 0 aliphatic rings. The van der Waals surface area contributed by atoms with E-state index in [0.29, 0.717) is 0 Å². The third kappa shape index (κ3) is 6.13. The predicted molar refractivity (Wildman–Crippen MR) is 45.0 cm³/mol. The van der Waals surface area contributed by atoms with Gasteiger partial charge in [0.25, 0.3) is 0 Å². The van der Waals surface area contributed by atoms with Crippen LogP contribution in [-0.2, 0) is 23.8 Å². The van der Waals surface area contributed by atoms with Crippen molar-refractivity contribution in [1.29, 1.82) is 0 Å². The minimum Gasteiger partial charge on any atom is -0.447 e. The molecule has 0 atom stereocenters. The zero-order chi connectivity index (χ0) is 10.3. The van der Waals surface area contributed by atoms with Crippen LogP contribution in [0, 0.1) is 12.3 Å². The van der Waals surface area contributed by atoms with Crippen molar-refractivity contribution in [3.63, 3.8) is 0 Å². The van der Waals surface area contributed by atoms with E-state index < -0.39 is 22.0 Å². The summed E-state index contributed by atoms with van der Waals surface area (Å²) in [7, 11) is -3.83. The van der Waals surface area contributed by atoms with Crippen LogP contribution in [0.5, 0.6) is 0 Å². The molecule has 0 radical (unpaired) electrons. The van der Waals surface area contributed by atoms with E-state index >= 15 is 0 Å². The molecule has 6 heteroatoms. The normalized spacial score (nSPS) is 10.5. The van der Waals surface area contributed by atoms with Crippen molar-refractivity contribution < 1.29 is 22.1 Å². The lowest BCUT2D eigenvalue weighted by Gasteiger charge is -2.03. The monoisotopic (exact) mass is 206 g/mol. The number of esters is 1. The second kappa shape index (κ2) is 5.56. The molecule has 0 heterocycles. The Balaban J connectivity index is 3.91. The molecule has 0 unspecified atom stereocenters. The Bertz CT molecular complexity index is 297. The van der Waals surface area contributed by atoms with Crippen LogP contribution in [0.1, 0.15) is 13.3 Å². The van der Waals surface area contributed by atoms with E-state index in [9.17, 15) is 13.2 Å². The Morgan fingerprint density at radius 1 is 1.54 bits per heavy atom. The molecule has 0 aromatic carbocycles. The standard InChI is InChI=1S/C7H10O5S/c1-3-5-12-13(9,10)6-11-7(8)4-2/h1H,4-6H2,2H3. The van der Waals surface area contributed by atoms with Crippen molar-refractivity contribution in [1.82, 2.24) is 0 Å². The van der Waals surface area contributed by atoms with Gasteiger partial charge in [-0.1, -0.05) is 12.8 Å². The number of terminal acetylenes is 1. The van der Waals surface area contributed by atoms with Crippen molar-refractivity contribution in [3.05, 3.63) is 0 Å². The molecule has 0 amide bonds. The maximum atomic E-state index is 10.8. The van der Waals surface area contributed by atoms with E-state index in [0.717, 1.165) is 0 Å².